The van der Waals surface area contributed by atoms with Crippen molar-refractivity contribution in [1.82, 2.24) is 0 Å². The Morgan fingerprint density at radius 1 is 0.719 bits per heavy atom. The average Bonchev–Trinajstić information content (AvgIpc) is 3.69. The molecule has 0 saturated carbocycles. The fourth-order valence-electron chi connectivity index (χ4n) is 11.0. The van der Waals surface area contributed by atoms with Crippen LogP contribution in [0.25, 0.3) is 27.8 Å². The fraction of sp³-hybridized carbons (Fsp3) is 0.270. The van der Waals surface area contributed by atoms with Gasteiger partial charge in [0.1, 0.15) is 0 Å². The molecule has 0 spiro atoms. The van der Waals surface area contributed by atoms with E-state index in [0.29, 0.717) is 0 Å². The van der Waals surface area contributed by atoms with E-state index >= 15 is 0 Å². The number of hydrogen-bond donors (Lipinski definition) is 0. The summed E-state index contributed by atoms with van der Waals surface area (Å²) in [4.78, 5) is 2.57. The highest BCUT2D eigenvalue weighted by Crippen LogP contribution is 2.54. The summed E-state index contributed by atoms with van der Waals surface area (Å²) in [6, 6.07) is 46.7. The molecule has 0 heterocycles. The molecule has 0 N–H and O–H groups in total. The van der Waals surface area contributed by atoms with Crippen LogP contribution in [-0.2, 0) is 5.41 Å². The highest BCUT2D eigenvalue weighted by Gasteiger charge is 2.39. The summed E-state index contributed by atoms with van der Waals surface area (Å²) in [6.07, 6.45) is 22.8. The summed E-state index contributed by atoms with van der Waals surface area (Å²) in [7, 11) is 0. The van der Waals surface area contributed by atoms with Crippen LogP contribution in [0.15, 0.2) is 216 Å². The molecule has 5 aromatic rings. The fourth-order valence-corrected chi connectivity index (χ4v) is 11.0. The predicted octanol–water partition coefficient (Wildman–Crippen LogP) is 17.7. The lowest BCUT2D eigenvalue weighted by atomic mass is 9.71. The molecule has 3 aliphatic rings. The molecule has 1 nitrogen and oxygen atoms in total. The topological polar surface area (TPSA) is 3.24 Å². The first-order valence-corrected chi connectivity index (χ1v) is 23.6. The molecule has 0 bridgehead atoms. The molecule has 0 saturated heterocycles. The third kappa shape index (κ3) is 8.34. The molecule has 324 valence electrons. The molecule has 2 atom stereocenters. The van der Waals surface area contributed by atoms with Crippen molar-refractivity contribution in [2.24, 2.45) is 10.8 Å². The molecule has 8 rings (SSSR count). The van der Waals surface area contributed by atoms with Gasteiger partial charge in [-0.1, -0.05) is 223 Å². The molecular weight excluding hydrogens is 771 g/mol. The van der Waals surface area contributed by atoms with Crippen molar-refractivity contribution in [2.75, 3.05) is 4.90 Å². The number of nitrogens with zero attached hydrogens (tertiary/aromatic N) is 1. The summed E-state index contributed by atoms with van der Waals surface area (Å²) in [5, 5.41) is 0. The number of hydrogen-bond acceptors (Lipinski definition) is 1. The van der Waals surface area contributed by atoms with Gasteiger partial charge in [-0.25, -0.2) is 0 Å². The Hall–Kier alpha value is -6.18. The maximum absolute atomic E-state index is 4.48. The van der Waals surface area contributed by atoms with Gasteiger partial charge in [0.25, 0.3) is 0 Å². The summed E-state index contributed by atoms with van der Waals surface area (Å²) in [5.74, 6) is 0. The Kier molecular flexibility index (Phi) is 12.6. The second kappa shape index (κ2) is 18.1. The normalized spacial score (nSPS) is 23.5. The first kappa shape index (κ1) is 44.4. The molecule has 0 amide bonds. The third-order valence-electron chi connectivity index (χ3n) is 14.8. The summed E-state index contributed by atoms with van der Waals surface area (Å²) in [6.45, 7) is 25.8. The van der Waals surface area contributed by atoms with Crippen LogP contribution < -0.4 is 4.90 Å². The Morgan fingerprint density at radius 2 is 1.36 bits per heavy atom. The molecule has 64 heavy (non-hydrogen) atoms. The van der Waals surface area contributed by atoms with Gasteiger partial charge in [0.05, 0.1) is 0 Å². The van der Waals surface area contributed by atoms with Crippen LogP contribution >= 0.6 is 0 Å². The van der Waals surface area contributed by atoms with Crippen LogP contribution in [0.2, 0.25) is 0 Å². The number of rotatable bonds is 11. The molecule has 3 aliphatic carbocycles. The molecule has 0 aliphatic heterocycles. The minimum atomic E-state index is -0.107. The summed E-state index contributed by atoms with van der Waals surface area (Å²) in [5.41, 5.74) is 20.9. The third-order valence-corrected chi connectivity index (χ3v) is 14.8. The van der Waals surface area contributed by atoms with E-state index in [2.05, 4.69) is 250 Å². The first-order valence-electron chi connectivity index (χ1n) is 23.6. The van der Waals surface area contributed by atoms with Gasteiger partial charge >= 0.3 is 0 Å². The molecule has 0 aromatic heterocycles. The maximum Gasteiger partial charge on any atom is 0.0499 e. The van der Waals surface area contributed by atoms with Crippen molar-refractivity contribution in [3.05, 3.63) is 233 Å². The molecule has 5 aromatic carbocycles. The van der Waals surface area contributed by atoms with Gasteiger partial charge in [-0.05, 0) is 125 Å². The Balaban J connectivity index is 1.22. The van der Waals surface area contributed by atoms with E-state index in [1.54, 1.807) is 0 Å². The molecule has 1 heteroatoms. The van der Waals surface area contributed by atoms with Crippen molar-refractivity contribution in [3.8, 4) is 22.3 Å². The summed E-state index contributed by atoms with van der Waals surface area (Å²) < 4.78 is 0. The van der Waals surface area contributed by atoms with E-state index in [1.807, 2.05) is 0 Å². The quantitative estimate of drug-likeness (QED) is 0.128. The van der Waals surface area contributed by atoms with Gasteiger partial charge in [0, 0.05) is 33.8 Å². The van der Waals surface area contributed by atoms with Gasteiger partial charge in [-0.2, -0.15) is 0 Å². The number of fused-ring (bicyclic) bond motifs is 3. The van der Waals surface area contributed by atoms with Crippen molar-refractivity contribution in [3.63, 3.8) is 0 Å². The Bertz CT molecular complexity index is 2760. The van der Waals surface area contributed by atoms with Crippen molar-refractivity contribution in [1.29, 1.82) is 0 Å². The molecule has 0 radical (unpaired) electrons. The SMILES string of the molecule is C=C/C1=C(\C=C2/CC(/C=C\C(C)N(c3ccc(-c4ccccc4)cc3)c3cccc4c3-c3ccccc3C4(C)C)=C(CC)C2(C)C)/C=C(c2ccccc2)/C=C/C=C(\C)CC1(C)CC. The zero-order valence-electron chi connectivity index (χ0n) is 39.8. The molecule has 0 fully saturated rings. The monoisotopic (exact) mass is 838 g/mol. The van der Waals surface area contributed by atoms with E-state index in [4.69, 9.17) is 0 Å². The van der Waals surface area contributed by atoms with Crippen LogP contribution in [0.1, 0.15) is 105 Å². The smallest absolute Gasteiger partial charge is 0.0499 e. The van der Waals surface area contributed by atoms with Crippen molar-refractivity contribution >= 4 is 16.9 Å². The van der Waals surface area contributed by atoms with Crippen LogP contribution in [-0.4, -0.2) is 6.04 Å². The summed E-state index contributed by atoms with van der Waals surface area (Å²) >= 11 is 0. The van der Waals surface area contributed by atoms with E-state index in [1.165, 1.54) is 89.3 Å². The first-order chi connectivity index (χ1) is 30.8. The number of benzene rings is 5. The van der Waals surface area contributed by atoms with Crippen molar-refractivity contribution < 1.29 is 0 Å². The zero-order valence-corrected chi connectivity index (χ0v) is 39.8. The minimum absolute atomic E-state index is 0.0593. The lowest BCUT2D eigenvalue weighted by Gasteiger charge is -2.33. The largest absolute Gasteiger partial charge is 0.334 e. The molecular formula is C63H67N. The van der Waals surface area contributed by atoms with Crippen LogP contribution in [0.3, 0.4) is 0 Å². The van der Waals surface area contributed by atoms with E-state index in [-0.39, 0.29) is 22.3 Å². The van der Waals surface area contributed by atoms with Gasteiger partial charge < -0.3 is 4.90 Å². The Labute approximate surface area is 385 Å². The highest BCUT2D eigenvalue weighted by molar-refractivity contribution is 5.92. The van der Waals surface area contributed by atoms with Crippen LogP contribution in [0, 0.1) is 10.8 Å². The van der Waals surface area contributed by atoms with Crippen LogP contribution in [0.5, 0.6) is 0 Å². The highest BCUT2D eigenvalue weighted by atomic mass is 15.2. The van der Waals surface area contributed by atoms with Gasteiger partial charge in [0.2, 0.25) is 0 Å². The maximum atomic E-state index is 4.48. The standard InChI is InChI=1S/C63H67N/c1-11-55-50(41-52(61(55,6)7)42-51-40-49(47-27-18-15-19-28-47)29-22-24-44(4)43-63(10,13-3)56(51)12-2)35-34-45(5)64(53-38-36-48(37-39-53)46-25-16-14-17-26-46)59-33-23-32-58-60(59)54-30-20-21-31-57(54)62(58,8)9/h12,14-40,42,45H,2,11,13,41,43H2,1,3-10H3/b29-22+,35-34-,44-24+,49-40-,52-42+,56-51+. The van der Waals surface area contributed by atoms with E-state index in [0.717, 1.165) is 25.7 Å². The minimum Gasteiger partial charge on any atom is -0.334 e. The zero-order chi connectivity index (χ0) is 45.2. The average molecular weight is 838 g/mol. The second-order valence-corrected chi connectivity index (χ2v) is 19.6. The van der Waals surface area contributed by atoms with E-state index < -0.39 is 0 Å². The van der Waals surface area contributed by atoms with Gasteiger partial charge in [-0.15, -0.1) is 0 Å². The van der Waals surface area contributed by atoms with Crippen molar-refractivity contribution in [2.45, 2.75) is 99.5 Å². The number of anilines is 2. The lowest BCUT2D eigenvalue weighted by molar-refractivity contribution is 0.385. The van der Waals surface area contributed by atoms with Gasteiger partial charge in [-0.3, -0.25) is 0 Å². The molecule has 2 unspecified atom stereocenters. The van der Waals surface area contributed by atoms with Gasteiger partial charge in [0.15, 0.2) is 0 Å². The lowest BCUT2D eigenvalue weighted by Crippen LogP contribution is -2.27. The number of allylic oxidation sites excluding steroid dienone is 14. The predicted molar refractivity (Wildman–Crippen MR) is 278 cm³/mol. The van der Waals surface area contributed by atoms with Crippen LogP contribution in [0.4, 0.5) is 11.4 Å². The Morgan fingerprint density at radius 3 is 2.03 bits per heavy atom. The van der Waals surface area contributed by atoms with E-state index in [9.17, 15) is 0 Å². The second-order valence-electron chi connectivity index (χ2n) is 19.6.